The molecule has 1 atom stereocenters. The van der Waals surface area contributed by atoms with Crippen LogP contribution in [0.15, 0.2) is 30.3 Å². The fraction of sp³-hybridized carbons (Fsp3) is 0.533. The zero-order chi connectivity index (χ0) is 12.6. The number of nitrogens with zero attached hydrogens (tertiary/aromatic N) is 1. The van der Waals surface area contributed by atoms with Crippen LogP contribution in [0.1, 0.15) is 23.2 Å². The van der Waals surface area contributed by atoms with E-state index >= 15 is 0 Å². The van der Waals surface area contributed by atoms with Crippen LogP contribution < -0.4 is 5.32 Å². The predicted octanol–water partition coefficient (Wildman–Crippen LogP) is 1.66. The quantitative estimate of drug-likeness (QED) is 0.789. The lowest BCUT2D eigenvalue weighted by molar-refractivity contribution is -0.925. The first-order valence-corrected chi connectivity index (χ1v) is 6.86. The van der Waals surface area contributed by atoms with Crippen molar-refractivity contribution in [3.05, 3.63) is 35.9 Å². The monoisotopic (exact) mass is 245 g/mol. The molecule has 3 aliphatic heterocycles. The smallest absolute Gasteiger partial charge is 0.251 e. The van der Waals surface area contributed by atoms with Crippen molar-refractivity contribution in [3.63, 3.8) is 0 Å². The molecule has 0 aromatic heterocycles. The molecule has 2 bridgehead atoms. The van der Waals surface area contributed by atoms with Crippen LogP contribution in [0, 0.1) is 5.92 Å². The van der Waals surface area contributed by atoms with Gasteiger partial charge < -0.3 is 9.80 Å². The van der Waals surface area contributed by atoms with Gasteiger partial charge >= 0.3 is 0 Å². The highest BCUT2D eigenvalue weighted by molar-refractivity contribution is 5.94. The lowest BCUT2D eigenvalue weighted by Gasteiger charge is -2.50. The van der Waals surface area contributed by atoms with Crippen molar-refractivity contribution in [2.75, 3.05) is 26.7 Å². The van der Waals surface area contributed by atoms with Gasteiger partial charge in [0.05, 0.1) is 32.7 Å². The molecule has 4 rings (SSSR count). The van der Waals surface area contributed by atoms with Crippen LogP contribution in [0.2, 0.25) is 0 Å². The number of quaternary nitrogens is 1. The SMILES string of the molecule is C[N+]12CCC(CC1)C(NC(=O)c1ccccc1)C2. The largest absolute Gasteiger partial charge is 0.343 e. The highest BCUT2D eigenvalue weighted by Gasteiger charge is 2.43. The number of piperidine rings is 3. The topological polar surface area (TPSA) is 29.1 Å². The summed E-state index contributed by atoms with van der Waals surface area (Å²) in [5.74, 6) is 0.776. The van der Waals surface area contributed by atoms with Crippen molar-refractivity contribution in [1.29, 1.82) is 0 Å². The number of hydrogen-bond donors (Lipinski definition) is 1. The molecule has 3 nitrogen and oxygen atoms in total. The first-order valence-electron chi connectivity index (χ1n) is 6.86. The highest BCUT2D eigenvalue weighted by atomic mass is 16.1. The van der Waals surface area contributed by atoms with Gasteiger partial charge in [-0.2, -0.15) is 0 Å². The maximum Gasteiger partial charge on any atom is 0.251 e. The number of benzene rings is 1. The summed E-state index contributed by atoms with van der Waals surface area (Å²) in [6, 6.07) is 9.90. The zero-order valence-electron chi connectivity index (χ0n) is 10.9. The minimum Gasteiger partial charge on any atom is -0.343 e. The van der Waals surface area contributed by atoms with E-state index in [-0.39, 0.29) is 5.91 Å². The van der Waals surface area contributed by atoms with Crippen LogP contribution in [0.25, 0.3) is 0 Å². The number of hydrogen-bond acceptors (Lipinski definition) is 1. The summed E-state index contributed by atoms with van der Waals surface area (Å²) in [7, 11) is 2.32. The number of fused-ring (bicyclic) bond motifs is 3. The van der Waals surface area contributed by atoms with E-state index in [9.17, 15) is 4.79 Å². The summed E-state index contributed by atoms with van der Waals surface area (Å²) in [5, 5.41) is 3.24. The Kier molecular flexibility index (Phi) is 2.86. The van der Waals surface area contributed by atoms with E-state index in [2.05, 4.69) is 12.4 Å². The number of amides is 1. The van der Waals surface area contributed by atoms with Gasteiger partial charge in [-0.25, -0.2) is 0 Å². The molecule has 3 heterocycles. The van der Waals surface area contributed by atoms with Crippen molar-refractivity contribution in [3.8, 4) is 0 Å². The fourth-order valence-corrected chi connectivity index (χ4v) is 3.42. The minimum absolute atomic E-state index is 0.0842. The summed E-state index contributed by atoms with van der Waals surface area (Å²) in [4.78, 5) is 12.2. The Hall–Kier alpha value is -1.35. The summed E-state index contributed by atoms with van der Waals surface area (Å²) in [5.41, 5.74) is 0.775. The van der Waals surface area contributed by atoms with Gasteiger partial charge in [-0.1, -0.05) is 18.2 Å². The van der Waals surface area contributed by atoms with E-state index < -0.39 is 0 Å². The molecular formula is C15H21N2O+. The van der Waals surface area contributed by atoms with Gasteiger partial charge in [0, 0.05) is 18.4 Å². The number of carbonyl (C=O) groups excluding carboxylic acids is 1. The van der Waals surface area contributed by atoms with Gasteiger partial charge in [-0.05, 0) is 18.1 Å². The molecule has 3 aliphatic rings. The molecule has 3 fully saturated rings. The van der Waals surface area contributed by atoms with Gasteiger partial charge in [-0.3, -0.25) is 4.79 Å². The van der Waals surface area contributed by atoms with Crippen molar-refractivity contribution in [1.82, 2.24) is 5.32 Å². The van der Waals surface area contributed by atoms with Gasteiger partial charge in [-0.15, -0.1) is 0 Å². The Morgan fingerprint density at radius 3 is 2.50 bits per heavy atom. The zero-order valence-corrected chi connectivity index (χ0v) is 10.9. The second kappa shape index (κ2) is 4.39. The number of likely N-dealkylation sites (N-methyl/N-ethyl adjacent to an activating group) is 1. The van der Waals surface area contributed by atoms with Crippen LogP contribution in [-0.2, 0) is 0 Å². The van der Waals surface area contributed by atoms with E-state index in [4.69, 9.17) is 0 Å². The molecule has 0 aliphatic carbocycles. The summed E-state index contributed by atoms with van der Waals surface area (Å²) < 4.78 is 1.14. The first-order chi connectivity index (χ1) is 8.66. The Bertz CT molecular complexity index is 435. The molecule has 1 aromatic carbocycles. The lowest BCUT2D eigenvalue weighted by Crippen LogP contribution is -2.65. The van der Waals surface area contributed by atoms with E-state index in [1.807, 2.05) is 30.3 Å². The molecular weight excluding hydrogens is 224 g/mol. The van der Waals surface area contributed by atoms with Crippen molar-refractivity contribution in [2.45, 2.75) is 18.9 Å². The number of carbonyl (C=O) groups is 1. The normalized spacial score (nSPS) is 34.3. The molecule has 0 radical (unpaired) electrons. The standard InChI is InChI=1S/C15H20N2O/c1-17-9-7-12(8-10-17)14(11-17)16-15(18)13-5-3-2-4-6-13/h2-6,12,14H,7-11H2,1H3/p+1. The van der Waals surface area contributed by atoms with E-state index in [0.717, 1.165) is 16.6 Å². The number of nitrogens with one attached hydrogen (secondary N) is 1. The van der Waals surface area contributed by atoms with Crippen LogP contribution >= 0.6 is 0 Å². The van der Waals surface area contributed by atoms with E-state index in [0.29, 0.717) is 12.0 Å². The number of rotatable bonds is 2. The first kappa shape index (κ1) is 11.7. The molecule has 96 valence electrons. The van der Waals surface area contributed by atoms with Gasteiger partial charge in [0.1, 0.15) is 0 Å². The molecule has 1 aromatic rings. The van der Waals surface area contributed by atoms with Crippen LogP contribution in [0.3, 0.4) is 0 Å². The second-order valence-electron chi connectivity index (χ2n) is 6.03. The third kappa shape index (κ3) is 2.15. The van der Waals surface area contributed by atoms with Crippen LogP contribution in [0.4, 0.5) is 0 Å². The van der Waals surface area contributed by atoms with E-state index in [1.54, 1.807) is 0 Å². The molecule has 3 saturated heterocycles. The van der Waals surface area contributed by atoms with Gasteiger partial charge in [0.25, 0.3) is 5.91 Å². The van der Waals surface area contributed by atoms with Crippen molar-refractivity contribution < 1.29 is 9.28 Å². The van der Waals surface area contributed by atoms with Crippen molar-refractivity contribution in [2.24, 2.45) is 5.92 Å². The third-order valence-corrected chi connectivity index (χ3v) is 4.64. The Morgan fingerprint density at radius 2 is 1.89 bits per heavy atom. The van der Waals surface area contributed by atoms with Crippen molar-refractivity contribution >= 4 is 5.91 Å². The van der Waals surface area contributed by atoms with Gasteiger partial charge in [0.15, 0.2) is 0 Å². The summed E-state index contributed by atoms with van der Waals surface area (Å²) >= 11 is 0. The average molecular weight is 245 g/mol. The van der Waals surface area contributed by atoms with E-state index in [1.165, 1.54) is 25.9 Å². The lowest BCUT2D eigenvalue weighted by atomic mass is 9.82. The predicted molar refractivity (Wildman–Crippen MR) is 71.2 cm³/mol. The average Bonchev–Trinajstić information content (AvgIpc) is 2.40. The Morgan fingerprint density at radius 1 is 1.22 bits per heavy atom. The molecule has 0 saturated carbocycles. The summed E-state index contributed by atoms with van der Waals surface area (Å²) in [6.07, 6.45) is 2.52. The third-order valence-electron chi connectivity index (χ3n) is 4.64. The molecule has 1 unspecified atom stereocenters. The van der Waals surface area contributed by atoms with Crippen LogP contribution in [-0.4, -0.2) is 43.1 Å². The fourth-order valence-electron chi connectivity index (χ4n) is 3.42. The Labute approximate surface area is 108 Å². The minimum atomic E-state index is 0.0842. The molecule has 1 N–H and O–H groups in total. The van der Waals surface area contributed by atoms with Gasteiger partial charge in [0.2, 0.25) is 0 Å². The Balaban J connectivity index is 1.69. The molecule has 0 spiro atoms. The molecule has 18 heavy (non-hydrogen) atoms. The van der Waals surface area contributed by atoms with Crippen LogP contribution in [0.5, 0.6) is 0 Å². The maximum atomic E-state index is 12.2. The second-order valence-corrected chi connectivity index (χ2v) is 6.03. The maximum absolute atomic E-state index is 12.2. The highest BCUT2D eigenvalue weighted by Crippen LogP contribution is 2.32. The molecule has 3 heteroatoms. The molecule has 1 amide bonds. The summed E-state index contributed by atoms with van der Waals surface area (Å²) in [6.45, 7) is 3.66.